The number of fused-ring (bicyclic) bond motifs is 1. The van der Waals surface area contributed by atoms with Crippen LogP contribution in [0, 0.1) is 0 Å². The zero-order valence-electron chi connectivity index (χ0n) is 6.95. The van der Waals surface area contributed by atoms with Gasteiger partial charge in [-0.3, -0.25) is 0 Å². The van der Waals surface area contributed by atoms with Crippen LogP contribution in [0.2, 0.25) is 0 Å². The quantitative estimate of drug-likeness (QED) is 0.597. The van der Waals surface area contributed by atoms with Crippen molar-refractivity contribution in [2.75, 3.05) is 0 Å². The second-order valence-electron chi connectivity index (χ2n) is 2.86. The number of hydrogen-bond donors (Lipinski definition) is 1. The molecule has 0 spiro atoms. The SMILES string of the molecule is C=c1cccc2c1=NC(=S)C=C2N. The van der Waals surface area contributed by atoms with E-state index < -0.39 is 0 Å². The van der Waals surface area contributed by atoms with Gasteiger partial charge in [0.25, 0.3) is 0 Å². The highest BCUT2D eigenvalue weighted by Gasteiger charge is 2.06. The Labute approximate surface area is 81.1 Å². The summed E-state index contributed by atoms with van der Waals surface area (Å²) in [6.07, 6.45) is 1.69. The molecule has 1 aliphatic rings. The van der Waals surface area contributed by atoms with Crippen LogP contribution in [0.25, 0.3) is 12.3 Å². The van der Waals surface area contributed by atoms with Crippen molar-refractivity contribution < 1.29 is 0 Å². The van der Waals surface area contributed by atoms with Gasteiger partial charge in [0.2, 0.25) is 0 Å². The van der Waals surface area contributed by atoms with Crippen molar-refractivity contribution in [3.63, 3.8) is 0 Å². The summed E-state index contributed by atoms with van der Waals surface area (Å²) in [6.45, 7) is 3.87. The van der Waals surface area contributed by atoms with Gasteiger partial charge >= 0.3 is 0 Å². The molecule has 1 heterocycles. The van der Waals surface area contributed by atoms with E-state index in [2.05, 4.69) is 11.6 Å². The van der Waals surface area contributed by atoms with E-state index in [4.69, 9.17) is 18.0 Å². The lowest BCUT2D eigenvalue weighted by molar-refractivity contribution is 1.30. The molecule has 2 nitrogen and oxygen atoms in total. The van der Waals surface area contributed by atoms with Crippen molar-refractivity contribution in [2.24, 2.45) is 10.7 Å². The molecule has 1 aromatic carbocycles. The molecular weight excluding hydrogens is 180 g/mol. The van der Waals surface area contributed by atoms with Crippen molar-refractivity contribution in [2.45, 2.75) is 0 Å². The van der Waals surface area contributed by atoms with Gasteiger partial charge in [0.05, 0.1) is 5.36 Å². The highest BCUT2D eigenvalue weighted by molar-refractivity contribution is 7.80. The summed E-state index contributed by atoms with van der Waals surface area (Å²) in [6, 6.07) is 5.72. The minimum Gasteiger partial charge on any atom is -0.398 e. The molecule has 2 N–H and O–H groups in total. The smallest absolute Gasteiger partial charge is 0.128 e. The largest absolute Gasteiger partial charge is 0.398 e. The second-order valence-corrected chi connectivity index (χ2v) is 3.28. The van der Waals surface area contributed by atoms with Crippen molar-refractivity contribution in [1.29, 1.82) is 0 Å². The van der Waals surface area contributed by atoms with E-state index in [1.54, 1.807) is 6.08 Å². The zero-order chi connectivity index (χ0) is 9.42. The predicted molar refractivity (Wildman–Crippen MR) is 57.5 cm³/mol. The Kier molecular flexibility index (Phi) is 1.74. The van der Waals surface area contributed by atoms with Gasteiger partial charge in [-0.2, -0.15) is 0 Å². The van der Waals surface area contributed by atoms with Crippen LogP contribution in [-0.2, 0) is 0 Å². The number of nitrogens with two attached hydrogens (primary N) is 1. The first-order valence-electron chi connectivity index (χ1n) is 3.86. The van der Waals surface area contributed by atoms with E-state index in [0.29, 0.717) is 10.7 Å². The third-order valence-electron chi connectivity index (χ3n) is 1.93. The Bertz CT molecular complexity index is 514. The molecule has 1 aliphatic heterocycles. The van der Waals surface area contributed by atoms with Gasteiger partial charge in [0, 0.05) is 11.3 Å². The first-order chi connectivity index (χ1) is 6.18. The molecule has 0 unspecified atom stereocenters. The van der Waals surface area contributed by atoms with Gasteiger partial charge in [0.15, 0.2) is 0 Å². The Hall–Kier alpha value is -1.48. The lowest BCUT2D eigenvalue weighted by Gasteiger charge is -2.07. The van der Waals surface area contributed by atoms with Gasteiger partial charge in [-0.1, -0.05) is 37.0 Å². The maximum atomic E-state index is 5.79. The van der Waals surface area contributed by atoms with Crippen molar-refractivity contribution >= 4 is 29.5 Å². The molecule has 3 heteroatoms. The van der Waals surface area contributed by atoms with Crippen LogP contribution < -0.4 is 16.3 Å². The van der Waals surface area contributed by atoms with Crippen molar-refractivity contribution in [1.82, 2.24) is 0 Å². The maximum Gasteiger partial charge on any atom is 0.128 e. The lowest BCUT2D eigenvalue weighted by Crippen LogP contribution is -2.31. The molecular formula is C10H8N2S. The molecule has 0 fully saturated rings. The molecule has 13 heavy (non-hydrogen) atoms. The molecule has 0 saturated carbocycles. The van der Waals surface area contributed by atoms with Crippen LogP contribution >= 0.6 is 12.2 Å². The summed E-state index contributed by atoms with van der Waals surface area (Å²) in [5, 5.41) is 1.66. The highest BCUT2D eigenvalue weighted by atomic mass is 32.1. The van der Waals surface area contributed by atoms with E-state index in [0.717, 1.165) is 16.1 Å². The summed E-state index contributed by atoms with van der Waals surface area (Å²) < 4.78 is 0. The fourth-order valence-corrected chi connectivity index (χ4v) is 1.53. The molecule has 0 atom stereocenters. The third kappa shape index (κ3) is 1.27. The molecule has 0 aliphatic carbocycles. The van der Waals surface area contributed by atoms with Crippen LogP contribution in [-0.4, -0.2) is 4.99 Å². The maximum absolute atomic E-state index is 5.79. The molecule has 0 amide bonds. The van der Waals surface area contributed by atoms with Crippen LogP contribution in [0.4, 0.5) is 0 Å². The standard InChI is InChI=1S/C10H8N2S/c1-6-3-2-4-7-8(11)5-9(13)12-10(6)7/h2-5H,1,11H2. The second kappa shape index (κ2) is 2.78. The molecule has 0 aromatic heterocycles. The minimum atomic E-state index is 0.515. The predicted octanol–water partition coefficient (Wildman–Crippen LogP) is 0.357. The summed E-state index contributed by atoms with van der Waals surface area (Å²) in [5.41, 5.74) is 7.38. The van der Waals surface area contributed by atoms with Crippen LogP contribution in [0.5, 0.6) is 0 Å². The Morgan fingerprint density at radius 2 is 2.15 bits per heavy atom. The average Bonchev–Trinajstić information content (AvgIpc) is 2.07. The third-order valence-corrected chi connectivity index (χ3v) is 2.14. The van der Waals surface area contributed by atoms with E-state index in [1.165, 1.54) is 0 Å². The van der Waals surface area contributed by atoms with Gasteiger partial charge in [-0.25, -0.2) is 4.99 Å². The van der Waals surface area contributed by atoms with Crippen molar-refractivity contribution in [3.8, 4) is 0 Å². The number of benzene rings is 1. The van der Waals surface area contributed by atoms with Gasteiger partial charge in [0.1, 0.15) is 4.99 Å². The Morgan fingerprint density at radius 1 is 1.38 bits per heavy atom. The molecule has 64 valence electrons. The topological polar surface area (TPSA) is 38.4 Å². The molecule has 0 saturated heterocycles. The van der Waals surface area contributed by atoms with E-state index >= 15 is 0 Å². The summed E-state index contributed by atoms with van der Waals surface area (Å²) >= 11 is 4.97. The van der Waals surface area contributed by atoms with Crippen LogP contribution in [0.1, 0.15) is 5.56 Å². The Balaban J connectivity index is 2.92. The monoisotopic (exact) mass is 188 g/mol. The van der Waals surface area contributed by atoms with Crippen LogP contribution in [0.3, 0.4) is 0 Å². The van der Waals surface area contributed by atoms with Gasteiger partial charge < -0.3 is 5.73 Å². The number of hydrogen-bond acceptors (Lipinski definition) is 2. The minimum absolute atomic E-state index is 0.515. The first-order valence-corrected chi connectivity index (χ1v) is 4.27. The van der Waals surface area contributed by atoms with E-state index in [-0.39, 0.29) is 0 Å². The fourth-order valence-electron chi connectivity index (χ4n) is 1.31. The summed E-state index contributed by atoms with van der Waals surface area (Å²) in [7, 11) is 0. The Morgan fingerprint density at radius 3 is 2.92 bits per heavy atom. The fraction of sp³-hybridized carbons (Fsp3) is 0. The normalized spacial score (nSPS) is 14.5. The summed E-state index contributed by atoms with van der Waals surface area (Å²) in [5.74, 6) is 0. The highest BCUT2D eigenvalue weighted by Crippen LogP contribution is 2.05. The van der Waals surface area contributed by atoms with Gasteiger partial charge in [-0.15, -0.1) is 0 Å². The van der Waals surface area contributed by atoms with E-state index in [9.17, 15) is 0 Å². The number of para-hydroxylation sites is 1. The number of thiocarbonyl (C=S) groups is 1. The number of nitrogens with zero attached hydrogens (tertiary/aromatic N) is 1. The lowest BCUT2D eigenvalue weighted by atomic mass is 10.1. The zero-order valence-corrected chi connectivity index (χ0v) is 7.77. The molecule has 2 rings (SSSR count). The molecule has 1 aromatic rings. The first kappa shape index (κ1) is 8.13. The summed E-state index contributed by atoms with van der Waals surface area (Å²) in [4.78, 5) is 4.72. The number of rotatable bonds is 0. The average molecular weight is 188 g/mol. The van der Waals surface area contributed by atoms with Crippen molar-refractivity contribution in [3.05, 3.63) is 40.4 Å². The molecule has 0 bridgehead atoms. The molecule has 0 radical (unpaired) electrons. The van der Waals surface area contributed by atoms with E-state index in [1.807, 2.05) is 18.2 Å². The van der Waals surface area contributed by atoms with Crippen LogP contribution in [0.15, 0.2) is 29.3 Å². The van der Waals surface area contributed by atoms with Gasteiger partial charge in [-0.05, 0) is 11.3 Å².